The van der Waals surface area contributed by atoms with Crippen molar-refractivity contribution >= 4 is 18.9 Å². The number of benzene rings is 1. The summed E-state index contributed by atoms with van der Waals surface area (Å²) in [5.41, 5.74) is 0.623. The van der Waals surface area contributed by atoms with Crippen LogP contribution in [0.1, 0.15) is 21.5 Å². The van der Waals surface area contributed by atoms with Crippen molar-refractivity contribution in [2.45, 2.75) is 18.8 Å². The van der Waals surface area contributed by atoms with Crippen molar-refractivity contribution in [3.8, 4) is 11.5 Å². The molecule has 1 fully saturated rings. The van der Waals surface area contributed by atoms with Crippen molar-refractivity contribution < 1.29 is 29.8 Å². The minimum atomic E-state index is -1.54. The molecule has 0 aliphatic carbocycles. The van der Waals surface area contributed by atoms with Crippen LogP contribution < -0.4 is 4.74 Å². The van der Waals surface area contributed by atoms with Gasteiger partial charge in [-0.2, -0.15) is 0 Å². The fourth-order valence-corrected chi connectivity index (χ4v) is 2.97. The van der Waals surface area contributed by atoms with Gasteiger partial charge in [0.1, 0.15) is 29.0 Å². The number of phenols is 1. The highest BCUT2D eigenvalue weighted by molar-refractivity contribution is 6.41. The zero-order valence-electron chi connectivity index (χ0n) is 14.9. The second-order valence-electron chi connectivity index (χ2n) is 6.51. The highest BCUT2D eigenvalue weighted by Crippen LogP contribution is 2.34. The molecule has 0 atom stereocenters. The lowest BCUT2D eigenvalue weighted by atomic mass is 9.82. The molecule has 2 aromatic rings. The molecule has 2 heterocycles. The summed E-state index contributed by atoms with van der Waals surface area (Å²) in [6, 6.07) is 6.49. The molecule has 0 saturated carbocycles. The molecular formula is C18H20BN3O6. The number of aryl methyl sites for hydroxylation is 1. The van der Waals surface area contributed by atoms with Crippen molar-refractivity contribution in [1.82, 2.24) is 9.88 Å². The molecule has 5 N–H and O–H groups in total. The van der Waals surface area contributed by atoms with Crippen molar-refractivity contribution in [2.75, 3.05) is 13.1 Å². The van der Waals surface area contributed by atoms with E-state index < -0.39 is 18.8 Å². The Balaban J connectivity index is 1.67. The number of aromatic hydroxyl groups is 1. The van der Waals surface area contributed by atoms with Crippen LogP contribution in [0.15, 0.2) is 36.7 Å². The van der Waals surface area contributed by atoms with Crippen LogP contribution in [0.2, 0.25) is 6.32 Å². The van der Waals surface area contributed by atoms with Gasteiger partial charge in [-0.3, -0.25) is 10.4 Å². The summed E-state index contributed by atoms with van der Waals surface area (Å²) < 4.78 is 5.73. The molecule has 0 radical (unpaired) electrons. The number of nitrogens with one attached hydrogen (secondary N) is 1. The summed E-state index contributed by atoms with van der Waals surface area (Å²) in [5.74, 6) is -1.42. The molecule has 1 aliphatic rings. The monoisotopic (exact) mass is 385 g/mol. The first-order chi connectivity index (χ1) is 13.4. The number of aromatic nitrogens is 1. The summed E-state index contributed by atoms with van der Waals surface area (Å²) in [6.45, 7) is 0.817. The minimum absolute atomic E-state index is 0.0269. The average Bonchev–Trinajstić information content (AvgIpc) is 2.63. The number of pyridine rings is 1. The predicted molar refractivity (Wildman–Crippen MR) is 101 cm³/mol. The van der Waals surface area contributed by atoms with E-state index in [0.717, 1.165) is 0 Å². The largest absolute Gasteiger partial charge is 0.507 e. The molecule has 9 nitrogen and oxygen atoms in total. The maximum atomic E-state index is 11.6. The van der Waals surface area contributed by atoms with Crippen LogP contribution >= 0.6 is 0 Å². The number of ether oxygens (including phenoxy) is 1. The number of carbonyl (C=O) groups is 1. The Morgan fingerprint density at radius 2 is 2.07 bits per heavy atom. The molecule has 1 aromatic heterocycles. The van der Waals surface area contributed by atoms with Crippen molar-refractivity contribution in [3.63, 3.8) is 0 Å². The van der Waals surface area contributed by atoms with Crippen LogP contribution in [0, 0.1) is 5.41 Å². The normalized spacial score (nSPS) is 13.7. The van der Waals surface area contributed by atoms with Crippen LogP contribution in [0.4, 0.5) is 0 Å². The van der Waals surface area contributed by atoms with E-state index >= 15 is 0 Å². The number of carboxylic acid groups (broad SMARTS) is 1. The maximum absolute atomic E-state index is 11.6. The number of carboxylic acids is 1. The van der Waals surface area contributed by atoms with E-state index in [1.165, 1.54) is 12.1 Å². The van der Waals surface area contributed by atoms with E-state index in [2.05, 4.69) is 4.98 Å². The summed E-state index contributed by atoms with van der Waals surface area (Å²) >= 11 is 0. The molecule has 1 aromatic carbocycles. The Morgan fingerprint density at radius 3 is 2.68 bits per heavy atom. The van der Waals surface area contributed by atoms with Crippen LogP contribution in [-0.4, -0.2) is 68.3 Å². The van der Waals surface area contributed by atoms with E-state index in [9.17, 15) is 15.0 Å². The summed E-state index contributed by atoms with van der Waals surface area (Å²) in [6.07, 6.45) is 2.99. The molecule has 10 heteroatoms. The highest BCUT2D eigenvalue weighted by atomic mass is 16.5. The fraction of sp³-hybridized carbons (Fsp3) is 0.278. The third-order valence-corrected chi connectivity index (χ3v) is 4.50. The van der Waals surface area contributed by atoms with Gasteiger partial charge in [0.05, 0.1) is 13.1 Å². The number of hydrogen-bond donors (Lipinski definition) is 5. The Kier molecular flexibility index (Phi) is 5.81. The Bertz CT molecular complexity index is 871. The van der Waals surface area contributed by atoms with Gasteiger partial charge in [0.25, 0.3) is 0 Å². The standard InChI is InChI=1S/C18H20BN3O6/c20-17(12-2-1-7-21-8-12)22-9-13(10-22)28-14-4-3-11(5-6-19(26)27)16(23)15(14)18(24)25/h1-4,7-8,13,20,23,26-27H,5-6,9-10H2,(H,24,25). The van der Waals surface area contributed by atoms with Gasteiger partial charge in [-0.1, -0.05) is 6.07 Å². The van der Waals surface area contributed by atoms with Crippen LogP contribution in [0.5, 0.6) is 11.5 Å². The highest BCUT2D eigenvalue weighted by Gasteiger charge is 2.32. The smallest absolute Gasteiger partial charge is 0.451 e. The average molecular weight is 385 g/mol. The van der Waals surface area contributed by atoms with Crippen LogP contribution in [0.3, 0.4) is 0 Å². The molecule has 28 heavy (non-hydrogen) atoms. The molecule has 1 saturated heterocycles. The molecule has 0 amide bonds. The zero-order valence-corrected chi connectivity index (χ0v) is 14.9. The molecule has 146 valence electrons. The van der Waals surface area contributed by atoms with Crippen molar-refractivity contribution in [2.24, 2.45) is 0 Å². The molecule has 0 bridgehead atoms. The van der Waals surface area contributed by atoms with Crippen molar-refractivity contribution in [3.05, 3.63) is 53.3 Å². The minimum Gasteiger partial charge on any atom is -0.507 e. The Labute approximate surface area is 161 Å². The summed E-state index contributed by atoms with van der Waals surface area (Å²) in [7, 11) is -1.54. The maximum Gasteiger partial charge on any atom is 0.451 e. The molecule has 1 aliphatic heterocycles. The number of amidine groups is 1. The van der Waals surface area contributed by atoms with Gasteiger partial charge >= 0.3 is 13.1 Å². The summed E-state index contributed by atoms with van der Waals surface area (Å²) in [4.78, 5) is 17.3. The van der Waals surface area contributed by atoms with E-state index in [-0.39, 0.29) is 30.2 Å². The van der Waals surface area contributed by atoms with Gasteiger partial charge in [0.15, 0.2) is 0 Å². The van der Waals surface area contributed by atoms with Crippen LogP contribution in [0.25, 0.3) is 0 Å². The fourth-order valence-electron chi connectivity index (χ4n) is 2.97. The van der Waals surface area contributed by atoms with Gasteiger partial charge in [-0.05, 0) is 36.5 Å². The second-order valence-corrected chi connectivity index (χ2v) is 6.51. The molecule has 3 rings (SSSR count). The number of likely N-dealkylation sites (tertiary alicyclic amines) is 1. The first-order valence-electron chi connectivity index (χ1n) is 8.71. The summed E-state index contributed by atoms with van der Waals surface area (Å²) in [5, 5.41) is 45.8. The lowest BCUT2D eigenvalue weighted by Gasteiger charge is -2.40. The SMILES string of the molecule is N=C(c1cccnc1)N1CC(Oc2ccc(CCB(O)O)c(O)c2C(=O)O)C1. The van der Waals surface area contributed by atoms with E-state index in [0.29, 0.717) is 30.1 Å². The van der Waals surface area contributed by atoms with E-state index in [4.69, 9.17) is 20.2 Å². The zero-order chi connectivity index (χ0) is 20.3. The first kappa shape index (κ1) is 19.7. The molecule has 0 unspecified atom stereocenters. The third-order valence-electron chi connectivity index (χ3n) is 4.50. The number of rotatable bonds is 7. The van der Waals surface area contributed by atoms with Crippen LogP contribution in [-0.2, 0) is 6.42 Å². The third kappa shape index (κ3) is 4.24. The van der Waals surface area contributed by atoms with Crippen molar-refractivity contribution in [1.29, 1.82) is 5.41 Å². The number of aromatic carboxylic acids is 1. The van der Waals surface area contributed by atoms with E-state index in [1.54, 1.807) is 29.4 Å². The van der Waals surface area contributed by atoms with Gasteiger partial charge in [-0.15, -0.1) is 0 Å². The lowest BCUT2D eigenvalue weighted by molar-refractivity contribution is 0.0596. The van der Waals surface area contributed by atoms with Gasteiger partial charge in [0.2, 0.25) is 0 Å². The van der Waals surface area contributed by atoms with Gasteiger partial charge in [-0.25, -0.2) is 4.79 Å². The molecular weight excluding hydrogens is 365 g/mol. The van der Waals surface area contributed by atoms with E-state index in [1.807, 2.05) is 0 Å². The second kappa shape index (κ2) is 8.28. The quantitative estimate of drug-likeness (QED) is 0.264. The first-order valence-corrected chi connectivity index (χ1v) is 8.71. The number of nitrogens with zero attached hydrogens (tertiary/aromatic N) is 2. The lowest BCUT2D eigenvalue weighted by Crippen LogP contribution is -2.56. The Morgan fingerprint density at radius 1 is 1.32 bits per heavy atom. The Hall–Kier alpha value is -3.11. The topological polar surface area (TPSA) is 147 Å². The van der Waals surface area contributed by atoms with Gasteiger partial charge < -0.3 is 29.9 Å². The van der Waals surface area contributed by atoms with Gasteiger partial charge in [0, 0.05) is 18.0 Å². The number of hydrogen-bond acceptors (Lipinski definition) is 7. The molecule has 0 spiro atoms. The predicted octanol–water partition coefficient (Wildman–Crippen LogP) is 0.589.